The van der Waals surface area contributed by atoms with Gasteiger partial charge in [-0.15, -0.1) is 0 Å². The number of hydrogen-bond acceptors (Lipinski definition) is 6. The first-order valence-corrected chi connectivity index (χ1v) is 10.4. The highest BCUT2D eigenvalue weighted by atomic mass is 19.1. The van der Waals surface area contributed by atoms with Gasteiger partial charge in [-0.3, -0.25) is 9.78 Å². The zero-order valence-corrected chi connectivity index (χ0v) is 18.8. The molecule has 3 aromatic carbocycles. The molecule has 1 aromatic heterocycles. The van der Waals surface area contributed by atoms with Crippen LogP contribution in [0.5, 0.6) is 5.75 Å². The summed E-state index contributed by atoms with van der Waals surface area (Å²) >= 11 is 0. The third-order valence-corrected chi connectivity index (χ3v) is 5.38. The van der Waals surface area contributed by atoms with Crippen molar-refractivity contribution in [3.05, 3.63) is 83.8 Å². The average molecular weight is 459 g/mol. The molecule has 0 fully saturated rings. The van der Waals surface area contributed by atoms with Gasteiger partial charge in [0.15, 0.2) is 0 Å². The van der Waals surface area contributed by atoms with Crippen molar-refractivity contribution < 1.29 is 23.5 Å². The molecule has 0 aliphatic rings. The first-order valence-electron chi connectivity index (χ1n) is 10.4. The van der Waals surface area contributed by atoms with Crippen molar-refractivity contribution in [2.24, 2.45) is 0 Å². The molecule has 0 saturated carbocycles. The highest BCUT2D eigenvalue weighted by Gasteiger charge is 2.20. The lowest BCUT2D eigenvalue weighted by molar-refractivity contribution is 0.0600. The van der Waals surface area contributed by atoms with Crippen LogP contribution in [0, 0.1) is 5.82 Å². The Hall–Kier alpha value is -4.46. The maximum Gasteiger partial charge on any atom is 0.337 e. The summed E-state index contributed by atoms with van der Waals surface area (Å²) in [6.07, 6.45) is 1.48. The Labute approximate surface area is 195 Å². The van der Waals surface area contributed by atoms with Crippen LogP contribution in [0.15, 0.2) is 66.9 Å². The molecular formula is C26H22FN3O4. The van der Waals surface area contributed by atoms with E-state index < -0.39 is 11.8 Å². The molecule has 0 bridgehead atoms. The number of carbonyl (C=O) groups is 2. The quantitative estimate of drug-likeness (QED) is 0.397. The summed E-state index contributed by atoms with van der Waals surface area (Å²) in [7, 11) is 4.25. The van der Waals surface area contributed by atoms with Crippen molar-refractivity contribution in [2.45, 2.75) is 0 Å². The van der Waals surface area contributed by atoms with Crippen LogP contribution >= 0.6 is 0 Å². The Kier molecular flexibility index (Phi) is 6.40. The van der Waals surface area contributed by atoms with Crippen molar-refractivity contribution in [3.8, 4) is 16.9 Å². The molecule has 0 radical (unpaired) electrons. The van der Waals surface area contributed by atoms with E-state index in [2.05, 4.69) is 20.4 Å². The molecule has 2 N–H and O–H groups in total. The normalized spacial score (nSPS) is 10.6. The van der Waals surface area contributed by atoms with Crippen molar-refractivity contribution in [3.63, 3.8) is 0 Å². The van der Waals surface area contributed by atoms with Gasteiger partial charge in [-0.25, -0.2) is 9.18 Å². The molecule has 0 unspecified atom stereocenters. The first-order chi connectivity index (χ1) is 16.5. The van der Waals surface area contributed by atoms with Crippen LogP contribution in [0.3, 0.4) is 0 Å². The second-order valence-corrected chi connectivity index (χ2v) is 7.37. The van der Waals surface area contributed by atoms with Gasteiger partial charge in [-0.2, -0.15) is 0 Å². The van der Waals surface area contributed by atoms with Gasteiger partial charge in [0.2, 0.25) is 0 Å². The van der Waals surface area contributed by atoms with E-state index in [0.717, 1.165) is 11.8 Å². The van der Waals surface area contributed by atoms with Crippen LogP contribution in [0.2, 0.25) is 0 Å². The number of fused-ring (bicyclic) bond motifs is 1. The van der Waals surface area contributed by atoms with Gasteiger partial charge in [-0.05, 0) is 30.3 Å². The van der Waals surface area contributed by atoms with E-state index in [1.165, 1.54) is 39.6 Å². The van der Waals surface area contributed by atoms with Crippen molar-refractivity contribution >= 4 is 34.2 Å². The van der Waals surface area contributed by atoms with Gasteiger partial charge in [0.25, 0.3) is 5.91 Å². The standard InChI is InChI=1S/C26H22FN3O4/c1-28-25(31)20-14-29-22-13-23(33-2)18(17-10-9-15(11-21(17)27)26(32)34-3)12-19(22)24(20)30-16-7-5-4-6-8-16/h4-14H,1-3H3,(H,28,31)(H,29,30). The van der Waals surface area contributed by atoms with Crippen molar-refractivity contribution in [1.82, 2.24) is 10.3 Å². The summed E-state index contributed by atoms with van der Waals surface area (Å²) in [6, 6.07) is 16.9. The molecule has 34 heavy (non-hydrogen) atoms. The number of esters is 1. The first kappa shape index (κ1) is 22.7. The summed E-state index contributed by atoms with van der Waals surface area (Å²) in [4.78, 5) is 28.8. The van der Waals surface area contributed by atoms with Crippen LogP contribution in [-0.4, -0.2) is 38.1 Å². The SMILES string of the molecule is CNC(=O)c1cnc2cc(OC)c(-c3ccc(C(=O)OC)cc3F)cc2c1Nc1ccccc1. The maximum absolute atomic E-state index is 15.1. The van der Waals surface area contributed by atoms with Crippen LogP contribution in [0.4, 0.5) is 15.8 Å². The molecule has 8 heteroatoms. The fourth-order valence-corrected chi connectivity index (χ4v) is 3.68. The van der Waals surface area contributed by atoms with E-state index in [-0.39, 0.29) is 17.0 Å². The Morgan fingerprint density at radius 2 is 1.74 bits per heavy atom. The van der Waals surface area contributed by atoms with E-state index >= 15 is 4.39 Å². The largest absolute Gasteiger partial charge is 0.496 e. The number of methoxy groups -OCH3 is 2. The van der Waals surface area contributed by atoms with Gasteiger partial charge in [0.1, 0.15) is 11.6 Å². The predicted octanol–water partition coefficient (Wildman–Crippen LogP) is 4.94. The van der Waals surface area contributed by atoms with Gasteiger partial charge in [-0.1, -0.05) is 24.3 Å². The molecule has 0 aliphatic carbocycles. The minimum absolute atomic E-state index is 0.0958. The van der Waals surface area contributed by atoms with Crippen molar-refractivity contribution in [2.75, 3.05) is 26.6 Å². The topological polar surface area (TPSA) is 89.5 Å². The molecule has 172 valence electrons. The van der Waals surface area contributed by atoms with E-state index in [1.807, 2.05) is 30.3 Å². The molecule has 0 saturated heterocycles. The number of ether oxygens (including phenoxy) is 2. The van der Waals surface area contributed by atoms with Crippen molar-refractivity contribution in [1.29, 1.82) is 0 Å². The highest BCUT2D eigenvalue weighted by Crippen LogP contribution is 2.39. The number of halogens is 1. The lowest BCUT2D eigenvalue weighted by Crippen LogP contribution is -2.19. The molecule has 4 rings (SSSR count). The number of para-hydroxylation sites is 1. The van der Waals surface area contributed by atoms with Crippen LogP contribution < -0.4 is 15.4 Å². The molecule has 7 nitrogen and oxygen atoms in total. The molecule has 0 atom stereocenters. The number of amides is 1. The van der Waals surface area contributed by atoms with E-state index in [0.29, 0.717) is 33.5 Å². The molecule has 1 heterocycles. The molecule has 0 spiro atoms. The third kappa shape index (κ3) is 4.25. The zero-order chi connectivity index (χ0) is 24.2. The second-order valence-electron chi connectivity index (χ2n) is 7.37. The number of nitrogens with one attached hydrogen (secondary N) is 2. The second kappa shape index (κ2) is 9.58. The number of pyridine rings is 1. The molecule has 0 aliphatic heterocycles. The molecule has 1 amide bonds. The average Bonchev–Trinajstić information content (AvgIpc) is 2.87. The lowest BCUT2D eigenvalue weighted by Gasteiger charge is -2.17. The fourth-order valence-electron chi connectivity index (χ4n) is 3.68. The third-order valence-electron chi connectivity index (χ3n) is 5.38. The van der Waals surface area contributed by atoms with Gasteiger partial charge in [0, 0.05) is 41.5 Å². The minimum Gasteiger partial charge on any atom is -0.496 e. The van der Waals surface area contributed by atoms with Crippen LogP contribution in [-0.2, 0) is 4.74 Å². The van der Waals surface area contributed by atoms with Crippen LogP contribution in [0.1, 0.15) is 20.7 Å². The number of aromatic nitrogens is 1. The lowest BCUT2D eigenvalue weighted by atomic mass is 9.98. The van der Waals surface area contributed by atoms with Gasteiger partial charge < -0.3 is 20.1 Å². The number of hydrogen-bond donors (Lipinski definition) is 2. The Bertz CT molecular complexity index is 1390. The summed E-state index contributed by atoms with van der Waals surface area (Å²) < 4.78 is 25.3. The Balaban J connectivity index is 1.96. The van der Waals surface area contributed by atoms with Gasteiger partial charge >= 0.3 is 5.97 Å². The van der Waals surface area contributed by atoms with Crippen LogP contribution in [0.25, 0.3) is 22.0 Å². The number of nitrogens with zero attached hydrogens (tertiary/aromatic N) is 1. The highest BCUT2D eigenvalue weighted by molar-refractivity contribution is 6.09. The molecule has 4 aromatic rings. The van der Waals surface area contributed by atoms with E-state index in [1.54, 1.807) is 12.1 Å². The zero-order valence-electron chi connectivity index (χ0n) is 18.8. The number of carbonyl (C=O) groups excluding carboxylic acids is 2. The Morgan fingerprint density at radius 1 is 0.971 bits per heavy atom. The summed E-state index contributed by atoms with van der Waals surface area (Å²) in [5.74, 6) is -1.18. The molecular weight excluding hydrogens is 437 g/mol. The smallest absolute Gasteiger partial charge is 0.337 e. The minimum atomic E-state index is -0.635. The maximum atomic E-state index is 15.1. The summed E-state index contributed by atoms with van der Waals surface area (Å²) in [6.45, 7) is 0. The van der Waals surface area contributed by atoms with Gasteiger partial charge in [0.05, 0.1) is 36.6 Å². The fraction of sp³-hybridized carbons (Fsp3) is 0.115. The number of anilines is 2. The Morgan fingerprint density at radius 3 is 2.38 bits per heavy atom. The van der Waals surface area contributed by atoms with E-state index in [9.17, 15) is 9.59 Å². The predicted molar refractivity (Wildman–Crippen MR) is 128 cm³/mol. The summed E-state index contributed by atoms with van der Waals surface area (Å²) in [5.41, 5.74) is 2.93. The summed E-state index contributed by atoms with van der Waals surface area (Å²) in [5, 5.41) is 6.52. The number of rotatable bonds is 6. The van der Waals surface area contributed by atoms with E-state index in [4.69, 9.17) is 4.74 Å². The number of benzene rings is 3. The monoisotopic (exact) mass is 459 g/mol.